The molecule has 0 bridgehead atoms. The topological polar surface area (TPSA) is 175 Å². The zero-order chi connectivity index (χ0) is 53.1. The lowest BCUT2D eigenvalue weighted by molar-refractivity contribution is -0.302. The SMILES string of the molecule is CCCCCCCCC/C=C\CCCCCCCC(=O)OCCCCCCCCCCCCCCCCCCCCCCC(=O)NC(COC1OC(CO)C(O)C(O)C1O)C(O)/C=C/CCCCCCCCC. The van der Waals surface area contributed by atoms with Crippen LogP contribution in [0.25, 0.3) is 0 Å². The predicted molar refractivity (Wildman–Crippen MR) is 301 cm³/mol. The molecule has 1 aliphatic rings. The Morgan fingerprint density at radius 1 is 0.493 bits per heavy atom. The first-order chi connectivity index (χ1) is 35.7. The van der Waals surface area contributed by atoms with Gasteiger partial charge in [0.05, 0.1) is 32.0 Å². The molecule has 1 saturated heterocycles. The van der Waals surface area contributed by atoms with Crippen LogP contribution in [0.4, 0.5) is 0 Å². The van der Waals surface area contributed by atoms with Crippen molar-refractivity contribution in [3.63, 3.8) is 0 Å². The van der Waals surface area contributed by atoms with Crippen molar-refractivity contribution in [2.24, 2.45) is 0 Å². The molecule has 430 valence electrons. The summed E-state index contributed by atoms with van der Waals surface area (Å²) >= 11 is 0. The van der Waals surface area contributed by atoms with E-state index in [0.29, 0.717) is 19.4 Å². The standard InChI is InChI=1S/C62H117NO10/c1-3-5-7-9-11-13-14-15-16-24-27-30-34-38-42-46-50-58(67)71-51-47-43-39-35-31-28-25-22-20-18-17-19-21-23-26-29-33-37-41-45-49-57(66)63-54(55(65)48-44-40-36-32-12-10-8-6-4-2)53-72-62-61(70)60(69)59(68)56(52-64)73-62/h16,24,44,48,54-56,59-62,64-65,68-70H,3-15,17-23,25-43,45-47,49-53H2,1-2H3,(H,63,66)/b24-16-,48-44+. The molecule has 1 heterocycles. The Hall–Kier alpha value is -1.86. The summed E-state index contributed by atoms with van der Waals surface area (Å²) in [5, 5.41) is 54.2. The zero-order valence-electron chi connectivity index (χ0n) is 47.4. The Morgan fingerprint density at radius 3 is 1.32 bits per heavy atom. The summed E-state index contributed by atoms with van der Waals surface area (Å²) in [6.07, 6.45) is 52.9. The zero-order valence-corrected chi connectivity index (χ0v) is 47.4. The summed E-state index contributed by atoms with van der Waals surface area (Å²) in [5.74, 6) is -0.196. The van der Waals surface area contributed by atoms with Gasteiger partial charge in [0.2, 0.25) is 5.91 Å². The Kier molecular flexibility index (Phi) is 49.5. The van der Waals surface area contributed by atoms with Crippen LogP contribution in [0, 0.1) is 0 Å². The van der Waals surface area contributed by atoms with E-state index in [0.717, 1.165) is 64.2 Å². The molecule has 6 N–H and O–H groups in total. The summed E-state index contributed by atoms with van der Waals surface area (Å²) in [4.78, 5) is 25.1. The minimum absolute atomic E-state index is 0.0106. The maximum atomic E-state index is 13.0. The number of carbonyl (C=O) groups excluding carboxylic acids is 2. The Bertz CT molecular complexity index is 1260. The summed E-state index contributed by atoms with van der Waals surface area (Å²) in [5.41, 5.74) is 0. The molecule has 1 fully saturated rings. The number of rotatable bonds is 54. The third-order valence-corrected chi connectivity index (χ3v) is 14.8. The Balaban J connectivity index is 1.98. The third kappa shape index (κ3) is 41.9. The van der Waals surface area contributed by atoms with Gasteiger partial charge in [0.1, 0.15) is 24.4 Å². The number of amides is 1. The predicted octanol–water partition coefficient (Wildman–Crippen LogP) is 14.5. The Labute approximate surface area is 448 Å². The molecule has 0 spiro atoms. The largest absolute Gasteiger partial charge is 0.466 e. The first-order valence-electron chi connectivity index (χ1n) is 31.1. The van der Waals surface area contributed by atoms with Gasteiger partial charge < -0.3 is 45.1 Å². The van der Waals surface area contributed by atoms with E-state index in [1.54, 1.807) is 6.08 Å². The van der Waals surface area contributed by atoms with Gasteiger partial charge in [-0.3, -0.25) is 9.59 Å². The lowest BCUT2D eigenvalue weighted by Crippen LogP contribution is -2.60. The third-order valence-electron chi connectivity index (χ3n) is 14.8. The van der Waals surface area contributed by atoms with Crippen molar-refractivity contribution >= 4 is 11.9 Å². The molecule has 0 radical (unpaired) electrons. The van der Waals surface area contributed by atoms with E-state index in [-0.39, 0.29) is 18.5 Å². The highest BCUT2D eigenvalue weighted by Crippen LogP contribution is 2.23. The molecule has 73 heavy (non-hydrogen) atoms. The van der Waals surface area contributed by atoms with E-state index in [2.05, 4.69) is 31.3 Å². The summed E-state index contributed by atoms with van der Waals surface area (Å²) in [7, 11) is 0. The van der Waals surface area contributed by atoms with Crippen LogP contribution in [-0.4, -0.2) is 100 Å². The number of ether oxygens (including phenoxy) is 3. The van der Waals surface area contributed by atoms with Gasteiger partial charge in [0.25, 0.3) is 0 Å². The summed E-state index contributed by atoms with van der Waals surface area (Å²) in [6, 6.07) is -0.810. The quantitative estimate of drug-likeness (QED) is 0.0195. The van der Waals surface area contributed by atoms with Crippen LogP contribution in [0.1, 0.15) is 296 Å². The van der Waals surface area contributed by atoms with Crippen LogP contribution in [0.5, 0.6) is 0 Å². The van der Waals surface area contributed by atoms with Gasteiger partial charge in [0, 0.05) is 12.8 Å². The van der Waals surface area contributed by atoms with Crippen LogP contribution in [0.2, 0.25) is 0 Å². The fourth-order valence-corrected chi connectivity index (χ4v) is 9.84. The van der Waals surface area contributed by atoms with Crippen molar-refractivity contribution < 1.29 is 49.3 Å². The van der Waals surface area contributed by atoms with Gasteiger partial charge in [-0.05, 0) is 57.8 Å². The van der Waals surface area contributed by atoms with Crippen LogP contribution in [0.15, 0.2) is 24.3 Å². The van der Waals surface area contributed by atoms with E-state index in [1.807, 2.05) is 6.08 Å². The number of nitrogens with one attached hydrogen (secondary N) is 1. The lowest BCUT2D eigenvalue weighted by Gasteiger charge is -2.40. The fourth-order valence-electron chi connectivity index (χ4n) is 9.84. The molecule has 1 amide bonds. The van der Waals surface area contributed by atoms with Gasteiger partial charge in [-0.2, -0.15) is 0 Å². The molecule has 0 aromatic carbocycles. The number of allylic oxidation sites excluding steroid dienone is 3. The van der Waals surface area contributed by atoms with Gasteiger partial charge in [-0.1, -0.05) is 250 Å². The normalized spacial score (nSPS) is 19.0. The molecular weight excluding hydrogens is 919 g/mol. The number of esters is 1. The minimum atomic E-state index is -1.57. The molecule has 11 heteroatoms. The molecule has 0 aromatic rings. The van der Waals surface area contributed by atoms with E-state index in [1.165, 1.54) is 205 Å². The number of aliphatic hydroxyl groups excluding tert-OH is 5. The van der Waals surface area contributed by atoms with Crippen LogP contribution < -0.4 is 5.32 Å². The molecule has 1 aliphatic heterocycles. The molecule has 7 atom stereocenters. The molecule has 7 unspecified atom stereocenters. The summed E-state index contributed by atoms with van der Waals surface area (Å²) in [6.45, 7) is 4.31. The van der Waals surface area contributed by atoms with E-state index >= 15 is 0 Å². The van der Waals surface area contributed by atoms with Crippen molar-refractivity contribution in [3.8, 4) is 0 Å². The number of unbranched alkanes of at least 4 members (excludes halogenated alkanes) is 38. The van der Waals surface area contributed by atoms with Crippen molar-refractivity contribution in [1.82, 2.24) is 5.32 Å². The second kappa shape index (κ2) is 52.2. The van der Waals surface area contributed by atoms with Crippen molar-refractivity contribution in [3.05, 3.63) is 24.3 Å². The average Bonchev–Trinajstić information content (AvgIpc) is 3.39. The minimum Gasteiger partial charge on any atom is -0.466 e. The highest BCUT2D eigenvalue weighted by molar-refractivity contribution is 5.76. The molecule has 11 nitrogen and oxygen atoms in total. The number of carbonyl (C=O) groups is 2. The second-order valence-corrected chi connectivity index (χ2v) is 21.8. The molecular formula is C62H117NO10. The van der Waals surface area contributed by atoms with Crippen molar-refractivity contribution in [2.75, 3.05) is 19.8 Å². The maximum Gasteiger partial charge on any atom is 0.305 e. The lowest BCUT2D eigenvalue weighted by atomic mass is 9.99. The molecule has 0 aromatic heterocycles. The van der Waals surface area contributed by atoms with Crippen molar-refractivity contribution in [2.45, 2.75) is 339 Å². The van der Waals surface area contributed by atoms with Gasteiger partial charge in [0.15, 0.2) is 6.29 Å². The monoisotopic (exact) mass is 1040 g/mol. The summed E-state index contributed by atoms with van der Waals surface area (Å²) < 4.78 is 16.7. The highest BCUT2D eigenvalue weighted by atomic mass is 16.7. The first kappa shape index (κ1) is 69.2. The number of hydrogen-bond donors (Lipinski definition) is 6. The van der Waals surface area contributed by atoms with Crippen LogP contribution in [-0.2, 0) is 23.8 Å². The van der Waals surface area contributed by atoms with Gasteiger partial charge in [-0.15, -0.1) is 0 Å². The van der Waals surface area contributed by atoms with Crippen LogP contribution >= 0.6 is 0 Å². The first-order valence-corrected chi connectivity index (χ1v) is 31.1. The number of hydrogen-bond acceptors (Lipinski definition) is 10. The second-order valence-electron chi connectivity index (χ2n) is 21.8. The maximum absolute atomic E-state index is 13.0. The molecule has 1 rings (SSSR count). The molecule has 0 aliphatic carbocycles. The Morgan fingerprint density at radius 2 is 0.877 bits per heavy atom. The van der Waals surface area contributed by atoms with Crippen molar-refractivity contribution in [1.29, 1.82) is 0 Å². The highest BCUT2D eigenvalue weighted by Gasteiger charge is 2.44. The number of aliphatic hydroxyl groups is 5. The van der Waals surface area contributed by atoms with E-state index in [9.17, 15) is 35.1 Å². The van der Waals surface area contributed by atoms with Gasteiger partial charge >= 0.3 is 5.97 Å². The van der Waals surface area contributed by atoms with Crippen LogP contribution in [0.3, 0.4) is 0 Å². The van der Waals surface area contributed by atoms with E-state index < -0.39 is 49.5 Å². The smallest absolute Gasteiger partial charge is 0.305 e. The molecule has 0 saturated carbocycles. The average molecular weight is 1040 g/mol. The van der Waals surface area contributed by atoms with Gasteiger partial charge in [-0.25, -0.2) is 0 Å². The fraction of sp³-hybridized carbons (Fsp3) is 0.903. The van der Waals surface area contributed by atoms with E-state index in [4.69, 9.17) is 14.2 Å².